The van der Waals surface area contributed by atoms with Crippen LogP contribution in [0.5, 0.6) is 0 Å². The Morgan fingerprint density at radius 2 is 1.90 bits per heavy atom. The number of aryl methyl sites for hydroxylation is 1. The zero-order valence-corrected chi connectivity index (χ0v) is 13.8. The minimum Gasteiger partial charge on any atom is -0.337 e. The molecule has 0 fully saturated rings. The number of hydrogen-bond acceptors (Lipinski definition) is 5. The number of thioether (sulfide) groups is 1. The molecule has 0 saturated heterocycles. The third-order valence-corrected chi connectivity index (χ3v) is 3.93. The molecule has 0 radical (unpaired) electrons. The maximum Gasteiger partial charge on any atom is 0.233 e. The summed E-state index contributed by atoms with van der Waals surface area (Å²) in [6.07, 6.45) is 0. The Morgan fingerprint density at radius 3 is 2.40 bits per heavy atom. The number of carbonyl (C=O) groups excluding carboxylic acids is 1. The van der Waals surface area contributed by atoms with E-state index in [9.17, 15) is 4.79 Å². The highest BCUT2D eigenvalue weighted by Crippen LogP contribution is 2.18. The minimum atomic E-state index is 0.125. The number of nitrogens with zero attached hydrogens (tertiary/aromatic N) is 4. The Hall–Kier alpha value is -1.08. The van der Waals surface area contributed by atoms with E-state index in [0.717, 1.165) is 11.0 Å². The molecule has 1 aromatic heterocycles. The van der Waals surface area contributed by atoms with Gasteiger partial charge in [0.25, 0.3) is 0 Å². The van der Waals surface area contributed by atoms with Crippen molar-refractivity contribution in [2.75, 3.05) is 12.3 Å². The van der Waals surface area contributed by atoms with Gasteiger partial charge >= 0.3 is 0 Å². The van der Waals surface area contributed by atoms with Gasteiger partial charge in [-0.15, -0.1) is 10.2 Å². The summed E-state index contributed by atoms with van der Waals surface area (Å²) in [7, 11) is 0. The first-order valence-electron chi connectivity index (χ1n) is 6.92. The fourth-order valence-corrected chi connectivity index (χ4v) is 3.11. The summed E-state index contributed by atoms with van der Waals surface area (Å²) in [5.41, 5.74) is 5.58. The monoisotopic (exact) mass is 299 g/mol. The number of amides is 1. The smallest absolute Gasteiger partial charge is 0.233 e. The van der Waals surface area contributed by atoms with Crippen LogP contribution in [0.1, 0.15) is 33.5 Å². The standard InChI is InChI=1S/C13H25N5OS/c1-9(2)18(10(3)4)12(19)8-20-13-16-15-11(5)17(13)7-6-14/h9-10H,6-8,14H2,1-5H3. The Labute approximate surface area is 125 Å². The molecule has 0 saturated carbocycles. The van der Waals surface area contributed by atoms with E-state index in [2.05, 4.69) is 10.2 Å². The Bertz CT molecular complexity index is 436. The van der Waals surface area contributed by atoms with Crippen molar-refractivity contribution < 1.29 is 4.79 Å². The fraction of sp³-hybridized carbons (Fsp3) is 0.769. The van der Waals surface area contributed by atoms with Gasteiger partial charge in [0.2, 0.25) is 5.91 Å². The Morgan fingerprint density at radius 1 is 1.30 bits per heavy atom. The largest absolute Gasteiger partial charge is 0.337 e. The van der Waals surface area contributed by atoms with E-state index in [1.807, 2.05) is 44.1 Å². The summed E-state index contributed by atoms with van der Waals surface area (Å²) in [6.45, 7) is 11.2. The van der Waals surface area contributed by atoms with Gasteiger partial charge in [-0.25, -0.2) is 0 Å². The molecule has 7 heteroatoms. The van der Waals surface area contributed by atoms with Crippen molar-refractivity contribution in [2.45, 2.75) is 58.4 Å². The third-order valence-electron chi connectivity index (χ3n) is 2.98. The van der Waals surface area contributed by atoms with Crippen LogP contribution in [-0.2, 0) is 11.3 Å². The lowest BCUT2D eigenvalue weighted by molar-refractivity contribution is -0.131. The molecule has 0 spiro atoms. The molecule has 20 heavy (non-hydrogen) atoms. The van der Waals surface area contributed by atoms with Gasteiger partial charge in [0, 0.05) is 25.2 Å². The van der Waals surface area contributed by atoms with Gasteiger partial charge in [-0.3, -0.25) is 4.79 Å². The van der Waals surface area contributed by atoms with Crippen LogP contribution in [-0.4, -0.2) is 50.0 Å². The van der Waals surface area contributed by atoms with Crippen molar-refractivity contribution in [1.29, 1.82) is 0 Å². The molecule has 0 aliphatic rings. The lowest BCUT2D eigenvalue weighted by Crippen LogP contribution is -2.43. The third kappa shape index (κ3) is 4.21. The molecule has 0 aliphatic heterocycles. The summed E-state index contributed by atoms with van der Waals surface area (Å²) in [5, 5.41) is 8.90. The van der Waals surface area contributed by atoms with Gasteiger partial charge in [0.1, 0.15) is 5.82 Å². The molecule has 0 aromatic carbocycles. The number of hydrogen-bond donors (Lipinski definition) is 1. The molecule has 1 amide bonds. The van der Waals surface area contributed by atoms with Gasteiger partial charge in [0.15, 0.2) is 5.16 Å². The van der Waals surface area contributed by atoms with Crippen molar-refractivity contribution in [2.24, 2.45) is 5.73 Å². The molecule has 1 heterocycles. The van der Waals surface area contributed by atoms with Crippen LogP contribution in [0.2, 0.25) is 0 Å². The van der Waals surface area contributed by atoms with Crippen LogP contribution in [0.25, 0.3) is 0 Å². The van der Waals surface area contributed by atoms with Crippen molar-refractivity contribution in [3.8, 4) is 0 Å². The van der Waals surface area contributed by atoms with Crippen LogP contribution >= 0.6 is 11.8 Å². The molecule has 1 aromatic rings. The van der Waals surface area contributed by atoms with E-state index in [0.29, 0.717) is 18.8 Å². The van der Waals surface area contributed by atoms with Crippen molar-refractivity contribution in [1.82, 2.24) is 19.7 Å². The molecule has 0 unspecified atom stereocenters. The van der Waals surface area contributed by atoms with Crippen molar-refractivity contribution >= 4 is 17.7 Å². The van der Waals surface area contributed by atoms with Gasteiger partial charge in [0.05, 0.1) is 5.75 Å². The summed E-state index contributed by atoms with van der Waals surface area (Å²) < 4.78 is 1.95. The quantitative estimate of drug-likeness (QED) is 0.768. The first kappa shape index (κ1) is 17.0. The van der Waals surface area contributed by atoms with Gasteiger partial charge < -0.3 is 15.2 Å². The zero-order chi connectivity index (χ0) is 15.3. The molecule has 2 N–H and O–H groups in total. The van der Waals surface area contributed by atoms with Crippen LogP contribution in [0.4, 0.5) is 0 Å². The average Bonchev–Trinajstić information content (AvgIpc) is 2.68. The van der Waals surface area contributed by atoms with Gasteiger partial charge in [-0.1, -0.05) is 11.8 Å². The normalized spacial score (nSPS) is 11.4. The molecule has 6 nitrogen and oxygen atoms in total. The summed E-state index contributed by atoms with van der Waals surface area (Å²) in [6, 6.07) is 0.401. The van der Waals surface area contributed by atoms with Gasteiger partial charge in [-0.05, 0) is 34.6 Å². The van der Waals surface area contributed by atoms with E-state index in [4.69, 9.17) is 5.73 Å². The molecular weight excluding hydrogens is 274 g/mol. The fourth-order valence-electron chi connectivity index (χ4n) is 2.23. The minimum absolute atomic E-state index is 0.125. The van der Waals surface area contributed by atoms with E-state index in [-0.39, 0.29) is 18.0 Å². The highest BCUT2D eigenvalue weighted by atomic mass is 32.2. The lowest BCUT2D eigenvalue weighted by atomic mass is 10.2. The molecule has 0 atom stereocenters. The number of carbonyl (C=O) groups is 1. The van der Waals surface area contributed by atoms with Crippen LogP contribution in [0.3, 0.4) is 0 Å². The highest BCUT2D eigenvalue weighted by Gasteiger charge is 2.21. The van der Waals surface area contributed by atoms with E-state index >= 15 is 0 Å². The molecule has 1 rings (SSSR count). The Kier molecular flexibility index (Phi) is 6.48. The van der Waals surface area contributed by atoms with E-state index in [1.165, 1.54) is 11.8 Å². The van der Waals surface area contributed by atoms with Crippen molar-refractivity contribution in [3.63, 3.8) is 0 Å². The highest BCUT2D eigenvalue weighted by molar-refractivity contribution is 7.99. The maximum atomic E-state index is 12.3. The predicted octanol–water partition coefficient (Wildman–Crippen LogP) is 1.28. The number of aromatic nitrogens is 3. The summed E-state index contributed by atoms with van der Waals surface area (Å²) in [5.74, 6) is 1.33. The lowest BCUT2D eigenvalue weighted by Gasteiger charge is -2.30. The molecule has 0 aliphatic carbocycles. The summed E-state index contributed by atoms with van der Waals surface area (Å²) in [4.78, 5) is 14.2. The van der Waals surface area contributed by atoms with E-state index in [1.54, 1.807) is 0 Å². The SMILES string of the molecule is Cc1nnc(SCC(=O)N(C(C)C)C(C)C)n1CCN. The van der Waals surface area contributed by atoms with Crippen molar-refractivity contribution in [3.05, 3.63) is 5.82 Å². The summed E-state index contributed by atoms with van der Waals surface area (Å²) >= 11 is 1.42. The second kappa shape index (κ2) is 7.64. The van der Waals surface area contributed by atoms with E-state index < -0.39 is 0 Å². The van der Waals surface area contributed by atoms with Crippen LogP contribution in [0, 0.1) is 6.92 Å². The first-order chi connectivity index (χ1) is 9.38. The Balaban J connectivity index is 2.69. The second-order valence-corrected chi connectivity index (χ2v) is 6.19. The van der Waals surface area contributed by atoms with Gasteiger partial charge in [-0.2, -0.15) is 0 Å². The topological polar surface area (TPSA) is 77.0 Å². The average molecular weight is 299 g/mol. The number of nitrogens with two attached hydrogens (primary N) is 1. The first-order valence-corrected chi connectivity index (χ1v) is 7.90. The predicted molar refractivity (Wildman–Crippen MR) is 81.7 cm³/mol. The zero-order valence-electron chi connectivity index (χ0n) is 13.0. The van der Waals surface area contributed by atoms with Crippen LogP contribution < -0.4 is 5.73 Å². The molecular formula is C13H25N5OS. The van der Waals surface area contributed by atoms with Crippen LogP contribution in [0.15, 0.2) is 5.16 Å². The molecule has 114 valence electrons. The number of rotatable bonds is 7. The maximum absolute atomic E-state index is 12.3. The second-order valence-electron chi connectivity index (χ2n) is 5.25. The molecule has 0 bridgehead atoms.